The first-order valence-electron chi connectivity index (χ1n) is 13.4. The van der Waals surface area contributed by atoms with Gasteiger partial charge in [0, 0.05) is 0 Å². The Hall–Kier alpha value is -2.97. The second-order valence-corrected chi connectivity index (χ2v) is 16.1. The van der Waals surface area contributed by atoms with E-state index in [0.717, 1.165) is 0 Å². The molecule has 6 heterocycles. The smallest absolute Gasteiger partial charge is 0.382 e. The monoisotopic (exact) mass is 715 g/mol. The molecule has 1 amide bonds. The third kappa shape index (κ3) is 5.53. The number of nitrogen functional groups attached to an aromatic ring is 1. The molecule has 4 aromatic rings. The molecule has 9 atom stereocenters. The Labute approximate surface area is 268 Å². The van der Waals surface area contributed by atoms with E-state index in [0.29, 0.717) is 5.52 Å². The number of nitrogens with two attached hydrogens (primary N) is 2. The lowest BCUT2D eigenvalue weighted by atomic mass is 10.1. The second kappa shape index (κ2) is 11.6. The topological polar surface area (TPSA) is 233 Å². The number of anilines is 1. The van der Waals surface area contributed by atoms with E-state index in [1.165, 1.54) is 28.0 Å². The number of hydrogen-bond acceptors (Lipinski definition) is 15. The minimum Gasteiger partial charge on any atom is -0.382 e. The van der Waals surface area contributed by atoms with Gasteiger partial charge in [-0.1, -0.05) is 42.4 Å². The van der Waals surface area contributed by atoms with Gasteiger partial charge in [-0.25, -0.2) is 33.2 Å². The predicted octanol–water partition coefficient (Wildman–Crippen LogP) is 2.53. The van der Waals surface area contributed by atoms with Crippen molar-refractivity contribution in [2.24, 2.45) is 5.73 Å². The van der Waals surface area contributed by atoms with Gasteiger partial charge in [-0.15, -0.1) is 5.10 Å². The third-order valence-electron chi connectivity index (χ3n) is 7.57. The van der Waals surface area contributed by atoms with Crippen molar-refractivity contribution < 1.29 is 45.9 Å². The van der Waals surface area contributed by atoms with Crippen LogP contribution < -0.4 is 11.5 Å². The standard InChI is InChI=1S/C23H24FN9O9P2S2/c1-9-12-5-37-44(36,46)42-18-13(40-22(14(18)24)32-8-29-16-19(25)27-7-28-21(16)32)6-38-43(35,45)41-17(9)23(39-12)33-11-4-2-3-10(20(26)34)15(11)30-31-33/h2-4,7-8,12-14,17-18,22-23H,1,5-6H2,(H2,26,34)(H,35,45)(H,36,46)(H2,25,27,28)/t12-,13-,14-,17-,18-,22-,23-,43-,44-/m1/s1. The highest BCUT2D eigenvalue weighted by Gasteiger charge is 2.52. The number of imidazole rings is 1. The quantitative estimate of drug-likeness (QED) is 0.136. The van der Waals surface area contributed by atoms with E-state index in [-0.39, 0.29) is 33.6 Å². The van der Waals surface area contributed by atoms with E-state index in [1.807, 2.05) is 0 Å². The number of nitrogens with zero attached hydrogens (tertiary/aromatic N) is 7. The van der Waals surface area contributed by atoms with Crippen LogP contribution in [0.2, 0.25) is 0 Å². The predicted molar refractivity (Wildman–Crippen MR) is 162 cm³/mol. The molecule has 1 aromatic carbocycles. The zero-order chi connectivity index (χ0) is 32.5. The highest BCUT2D eigenvalue weighted by molar-refractivity contribution is 8.44. The maximum Gasteiger partial charge on any atom is 0.386 e. The molecular weight excluding hydrogens is 691 g/mol. The maximum absolute atomic E-state index is 16.0. The van der Waals surface area contributed by atoms with E-state index >= 15 is 4.39 Å². The lowest BCUT2D eigenvalue weighted by molar-refractivity contribution is -0.0599. The summed E-state index contributed by atoms with van der Waals surface area (Å²) >= 11 is 8.19. The summed E-state index contributed by atoms with van der Waals surface area (Å²) in [5, 5.41) is 8.15. The van der Waals surface area contributed by atoms with Crippen molar-refractivity contribution in [1.29, 1.82) is 0 Å². The van der Waals surface area contributed by atoms with Crippen LogP contribution in [0.15, 0.2) is 43.0 Å². The van der Waals surface area contributed by atoms with Crippen LogP contribution in [-0.4, -0.2) is 84.2 Å². The largest absolute Gasteiger partial charge is 0.386 e. The van der Waals surface area contributed by atoms with Gasteiger partial charge in [0.15, 0.2) is 30.1 Å². The molecule has 244 valence electrons. The molecule has 0 unspecified atom stereocenters. The van der Waals surface area contributed by atoms with Crippen molar-refractivity contribution in [2.45, 2.75) is 43.0 Å². The molecule has 4 N–H and O–H groups in total. The van der Waals surface area contributed by atoms with Crippen molar-refractivity contribution in [3.05, 3.63) is 48.6 Å². The number of ether oxygens (including phenoxy) is 2. The molecule has 7 rings (SSSR count). The van der Waals surface area contributed by atoms with Crippen LogP contribution in [0.4, 0.5) is 10.2 Å². The highest BCUT2D eigenvalue weighted by atomic mass is 32.7. The van der Waals surface area contributed by atoms with Gasteiger partial charge >= 0.3 is 13.6 Å². The van der Waals surface area contributed by atoms with Crippen molar-refractivity contribution in [2.75, 3.05) is 18.9 Å². The van der Waals surface area contributed by atoms with Crippen molar-refractivity contribution >= 4 is 72.0 Å². The van der Waals surface area contributed by atoms with Crippen molar-refractivity contribution in [1.82, 2.24) is 34.5 Å². The Bertz CT molecular complexity index is 1980. The van der Waals surface area contributed by atoms with Gasteiger partial charge in [-0.3, -0.25) is 27.5 Å². The minimum atomic E-state index is -4.33. The van der Waals surface area contributed by atoms with Crippen molar-refractivity contribution in [3.63, 3.8) is 0 Å². The Balaban J connectivity index is 1.20. The number of thiol groups is 2. The van der Waals surface area contributed by atoms with Crippen LogP contribution in [0.3, 0.4) is 0 Å². The molecule has 3 aliphatic rings. The van der Waals surface area contributed by atoms with Crippen LogP contribution >= 0.6 is 38.1 Å². The normalized spacial score (nSPS) is 35.5. The Morgan fingerprint density at radius 3 is 2.59 bits per heavy atom. The van der Waals surface area contributed by atoms with Crippen LogP contribution in [0.25, 0.3) is 22.2 Å². The number of fused-ring (bicyclic) bond motifs is 5. The third-order valence-corrected chi connectivity index (χ3v) is 10.8. The number of hydrogen-bond donors (Lipinski definition) is 4. The summed E-state index contributed by atoms with van der Waals surface area (Å²) in [6, 6.07) is 4.64. The average Bonchev–Trinajstić information content (AvgIpc) is 3.76. The average molecular weight is 716 g/mol. The Kier molecular flexibility index (Phi) is 7.99. The molecule has 18 nitrogen and oxygen atoms in total. The van der Waals surface area contributed by atoms with E-state index in [9.17, 15) is 13.9 Å². The van der Waals surface area contributed by atoms with E-state index in [2.05, 4.69) is 56.3 Å². The number of benzene rings is 1. The fourth-order valence-electron chi connectivity index (χ4n) is 5.42. The van der Waals surface area contributed by atoms with Gasteiger partial charge in [0.1, 0.15) is 41.8 Å². The first-order valence-corrected chi connectivity index (χ1v) is 18.7. The Morgan fingerprint density at radius 1 is 1.04 bits per heavy atom. The fourth-order valence-corrected chi connectivity index (χ4v) is 8.31. The number of rotatable bonds is 3. The number of aromatic nitrogens is 7. The second-order valence-electron chi connectivity index (χ2n) is 10.4. The maximum atomic E-state index is 16.0. The van der Waals surface area contributed by atoms with Gasteiger partial charge in [0.25, 0.3) is 5.91 Å². The van der Waals surface area contributed by atoms with Crippen LogP contribution in [-0.2, 0) is 36.7 Å². The molecule has 3 saturated heterocycles. The lowest BCUT2D eigenvalue weighted by Crippen LogP contribution is -2.33. The number of halogens is 1. The van der Waals surface area contributed by atoms with Gasteiger partial charge in [-0.05, 0) is 17.7 Å². The lowest BCUT2D eigenvalue weighted by Gasteiger charge is -2.25. The number of alkyl halides is 1. The summed E-state index contributed by atoms with van der Waals surface area (Å²) < 4.78 is 80.1. The summed E-state index contributed by atoms with van der Waals surface area (Å²) in [5.41, 5.74) is 12.5. The summed E-state index contributed by atoms with van der Waals surface area (Å²) in [7, 11) is 0. The molecule has 3 aliphatic heterocycles. The van der Waals surface area contributed by atoms with E-state index < -0.39 is 75.8 Å². The summed E-state index contributed by atoms with van der Waals surface area (Å²) in [4.78, 5) is 24.0. The first kappa shape index (κ1) is 31.6. The van der Waals surface area contributed by atoms with E-state index in [1.54, 1.807) is 12.1 Å². The number of amides is 1. The van der Waals surface area contributed by atoms with Gasteiger partial charge in [0.05, 0.1) is 30.6 Å². The van der Waals surface area contributed by atoms with E-state index in [4.69, 9.17) is 39.0 Å². The number of carbonyl (C=O) groups excluding carboxylic acids is 1. The molecule has 0 radical (unpaired) electrons. The molecule has 46 heavy (non-hydrogen) atoms. The molecular formula is C23H24FN9O9P2S2. The molecule has 23 heteroatoms. The number of primary amides is 1. The first-order chi connectivity index (χ1) is 21.8. The molecule has 0 aliphatic carbocycles. The molecule has 3 aromatic heterocycles. The van der Waals surface area contributed by atoms with Crippen LogP contribution in [0.1, 0.15) is 22.8 Å². The van der Waals surface area contributed by atoms with Crippen LogP contribution in [0.5, 0.6) is 0 Å². The Morgan fingerprint density at radius 2 is 1.80 bits per heavy atom. The van der Waals surface area contributed by atoms with Gasteiger partial charge < -0.3 is 20.9 Å². The molecule has 3 fully saturated rings. The van der Waals surface area contributed by atoms with Gasteiger partial charge in [-0.2, -0.15) is 0 Å². The minimum absolute atomic E-state index is 0.0599. The molecule has 0 spiro atoms. The van der Waals surface area contributed by atoms with Crippen molar-refractivity contribution in [3.8, 4) is 0 Å². The molecule has 0 saturated carbocycles. The zero-order valence-corrected chi connectivity index (χ0v) is 26.8. The fraction of sp³-hybridized carbons (Fsp3) is 0.391. The summed E-state index contributed by atoms with van der Waals surface area (Å²) in [5.74, 6) is -0.672. The molecule has 2 bridgehead atoms. The summed E-state index contributed by atoms with van der Waals surface area (Å²) in [6.07, 6.45) is -7.44. The summed E-state index contributed by atoms with van der Waals surface area (Å²) in [6.45, 7) is -5.74. The number of carbonyl (C=O) groups is 1. The SMILES string of the molecule is C=C1[C@H]2O[P@](=O)(S)OC[C@H]3O[C@@H](n4cnc5c(N)ncnc54)[C@H](F)[C@@H]3O[P@](=O)(S)OC[C@H]1O[C@H]2n1nnc2c(C(N)=O)cccc21. The highest BCUT2D eigenvalue weighted by Crippen LogP contribution is 2.60. The van der Waals surface area contributed by atoms with Gasteiger partial charge in [0.2, 0.25) is 0 Å². The zero-order valence-electron chi connectivity index (χ0n) is 23.2. The van der Waals surface area contributed by atoms with Crippen LogP contribution in [0, 0.1) is 0 Å².